The number of nitrogens with zero attached hydrogens (tertiary/aromatic N) is 6. The number of rotatable bonds is 6. The number of furan rings is 1. The lowest BCUT2D eigenvalue weighted by atomic mass is 10.1. The van der Waals surface area contributed by atoms with E-state index in [1.54, 1.807) is 35.4 Å². The van der Waals surface area contributed by atoms with Gasteiger partial charge in [-0.25, -0.2) is 4.39 Å². The van der Waals surface area contributed by atoms with Gasteiger partial charge in [0.05, 0.1) is 12.8 Å². The molecule has 0 aliphatic carbocycles. The molecule has 11 heteroatoms. The number of anilines is 2. The van der Waals surface area contributed by atoms with E-state index in [2.05, 4.69) is 25.4 Å². The average Bonchev–Trinajstić information content (AvgIpc) is 3.49. The third-order valence-electron chi connectivity index (χ3n) is 5.52. The van der Waals surface area contributed by atoms with Crippen LogP contribution < -0.4 is 11.1 Å². The Hall–Kier alpha value is -4.02. The van der Waals surface area contributed by atoms with E-state index in [1.807, 2.05) is 12.1 Å². The molecule has 3 N–H and O–H groups in total. The number of benzene rings is 1. The summed E-state index contributed by atoms with van der Waals surface area (Å²) in [6.07, 6.45) is 2.52. The maximum atomic E-state index is 13.6. The summed E-state index contributed by atoms with van der Waals surface area (Å²) in [5, 5.41) is 7.41. The summed E-state index contributed by atoms with van der Waals surface area (Å²) in [5.74, 6) is 1.58. The van der Waals surface area contributed by atoms with Gasteiger partial charge in [0.1, 0.15) is 6.17 Å². The fourth-order valence-corrected chi connectivity index (χ4v) is 3.82. The number of carbonyl (C=O) groups is 1. The summed E-state index contributed by atoms with van der Waals surface area (Å²) in [6.45, 7) is 1.33. The van der Waals surface area contributed by atoms with Gasteiger partial charge < -0.3 is 20.4 Å². The van der Waals surface area contributed by atoms with Crippen molar-refractivity contribution in [3.05, 3.63) is 53.8 Å². The molecule has 4 aromatic rings. The largest absolute Gasteiger partial charge is 0.461 e. The number of nitrogens with one attached hydrogen (secondary N) is 1. The Bertz CT molecular complexity index is 1260. The number of halogens is 1. The molecule has 1 aliphatic rings. The fraction of sp³-hybridized carbons (Fsp3) is 0.318. The molecule has 1 saturated heterocycles. The molecule has 1 fully saturated rings. The minimum Gasteiger partial charge on any atom is -0.461 e. The Labute approximate surface area is 188 Å². The molecule has 0 spiro atoms. The Morgan fingerprint density at radius 3 is 2.82 bits per heavy atom. The molecular weight excluding hydrogens is 427 g/mol. The number of hydrogen-bond donors (Lipinski definition) is 2. The minimum atomic E-state index is -0.932. The number of aromatic nitrogens is 5. The second-order valence-corrected chi connectivity index (χ2v) is 7.89. The van der Waals surface area contributed by atoms with Gasteiger partial charge in [0, 0.05) is 18.7 Å². The number of carbonyl (C=O) groups excluding carboxylic acids is 1. The molecule has 170 valence electrons. The molecule has 5 rings (SSSR count). The average molecular weight is 450 g/mol. The monoisotopic (exact) mass is 450 g/mol. The first-order chi connectivity index (χ1) is 16.1. The lowest BCUT2D eigenvalue weighted by Gasteiger charge is -2.29. The number of nitrogen functional groups attached to an aromatic ring is 1. The second-order valence-electron chi connectivity index (χ2n) is 7.89. The first-order valence-corrected chi connectivity index (χ1v) is 10.8. The van der Waals surface area contributed by atoms with Gasteiger partial charge in [-0.3, -0.25) is 4.79 Å². The predicted octanol–water partition coefficient (Wildman–Crippen LogP) is 2.59. The van der Waals surface area contributed by atoms with Crippen LogP contribution in [0.15, 0.2) is 47.1 Å². The molecule has 1 unspecified atom stereocenters. The Morgan fingerprint density at radius 2 is 2.06 bits per heavy atom. The van der Waals surface area contributed by atoms with Crippen LogP contribution in [0.2, 0.25) is 0 Å². The quantitative estimate of drug-likeness (QED) is 0.459. The maximum Gasteiger partial charge on any atom is 0.259 e. The predicted molar refractivity (Wildman–Crippen MR) is 119 cm³/mol. The molecule has 1 aromatic carbocycles. The third-order valence-corrected chi connectivity index (χ3v) is 5.52. The summed E-state index contributed by atoms with van der Waals surface area (Å²) < 4.78 is 20.3. The minimum absolute atomic E-state index is 0.124. The van der Waals surface area contributed by atoms with Crippen LogP contribution in [0.1, 0.15) is 28.8 Å². The van der Waals surface area contributed by atoms with Crippen LogP contribution in [0, 0.1) is 0 Å². The van der Waals surface area contributed by atoms with Crippen molar-refractivity contribution < 1.29 is 13.6 Å². The summed E-state index contributed by atoms with van der Waals surface area (Å²) in [7, 11) is 0. The summed E-state index contributed by atoms with van der Waals surface area (Å²) in [4.78, 5) is 27.1. The maximum absolute atomic E-state index is 13.6. The van der Waals surface area contributed by atoms with Crippen molar-refractivity contribution in [1.29, 1.82) is 0 Å². The number of nitrogens with two attached hydrogens (primary N) is 1. The van der Waals surface area contributed by atoms with Gasteiger partial charge in [0.2, 0.25) is 17.7 Å². The Kier molecular flexibility index (Phi) is 5.59. The summed E-state index contributed by atoms with van der Waals surface area (Å²) in [6, 6.07) is 10.9. The van der Waals surface area contributed by atoms with Gasteiger partial charge >= 0.3 is 0 Å². The number of piperidine rings is 1. The first kappa shape index (κ1) is 20.9. The zero-order valence-electron chi connectivity index (χ0n) is 17.8. The van der Waals surface area contributed by atoms with Crippen molar-refractivity contribution in [3.63, 3.8) is 0 Å². The van der Waals surface area contributed by atoms with Crippen LogP contribution in [0.5, 0.6) is 0 Å². The van der Waals surface area contributed by atoms with Crippen LogP contribution in [0.3, 0.4) is 0 Å². The molecule has 0 radical (unpaired) electrons. The highest BCUT2D eigenvalue weighted by molar-refractivity contribution is 5.94. The fourth-order valence-electron chi connectivity index (χ4n) is 3.82. The second kappa shape index (κ2) is 8.85. The summed E-state index contributed by atoms with van der Waals surface area (Å²) in [5.41, 5.74) is 7.61. The molecule has 1 amide bonds. The molecule has 1 aliphatic heterocycles. The third kappa shape index (κ3) is 4.47. The van der Waals surface area contributed by atoms with Gasteiger partial charge in [-0.2, -0.15) is 19.5 Å². The molecule has 4 heterocycles. The van der Waals surface area contributed by atoms with Crippen molar-refractivity contribution in [2.24, 2.45) is 0 Å². The van der Waals surface area contributed by atoms with Crippen molar-refractivity contribution >= 4 is 23.6 Å². The number of hydrogen-bond acceptors (Lipinski definition) is 8. The zero-order chi connectivity index (χ0) is 22.8. The van der Waals surface area contributed by atoms with Crippen molar-refractivity contribution in [1.82, 2.24) is 29.5 Å². The standard InChI is InChI=1S/C22H23FN8O2/c23-16-3-1-11-30(13-16)19(32)15-7-5-14(6-8-15)9-10-25-21-27-20(24)31-22(28-21)26-18(29-31)17-4-2-12-33-17/h2,4-8,12,16H,1,3,9-11,13H2,(H3,24,25,26,27,28,29). The lowest BCUT2D eigenvalue weighted by Crippen LogP contribution is -2.40. The van der Waals surface area contributed by atoms with Crippen LogP contribution in [0.4, 0.5) is 16.3 Å². The van der Waals surface area contributed by atoms with E-state index >= 15 is 0 Å². The van der Waals surface area contributed by atoms with Gasteiger partial charge in [-0.15, -0.1) is 5.10 Å². The number of fused-ring (bicyclic) bond motifs is 1. The van der Waals surface area contributed by atoms with Gasteiger partial charge in [0.25, 0.3) is 11.7 Å². The van der Waals surface area contributed by atoms with E-state index in [0.717, 1.165) is 5.56 Å². The Balaban J connectivity index is 1.20. The molecule has 0 saturated carbocycles. The van der Waals surface area contributed by atoms with E-state index in [-0.39, 0.29) is 18.4 Å². The highest BCUT2D eigenvalue weighted by atomic mass is 19.1. The molecule has 1 atom stereocenters. The number of alkyl halides is 1. The van der Waals surface area contributed by atoms with E-state index < -0.39 is 6.17 Å². The number of likely N-dealkylation sites (tertiary alicyclic amines) is 1. The van der Waals surface area contributed by atoms with Gasteiger partial charge in [-0.05, 0) is 49.1 Å². The molecule has 33 heavy (non-hydrogen) atoms. The van der Waals surface area contributed by atoms with Crippen LogP contribution in [-0.4, -0.2) is 61.2 Å². The molecule has 0 bridgehead atoms. The van der Waals surface area contributed by atoms with Gasteiger partial charge in [-0.1, -0.05) is 12.1 Å². The SMILES string of the molecule is Nc1nc(NCCc2ccc(C(=O)N3CCCC(F)C3)cc2)nc2nc(-c3ccco3)nn12. The van der Waals surface area contributed by atoms with Crippen LogP contribution in [-0.2, 0) is 6.42 Å². The molecule has 10 nitrogen and oxygen atoms in total. The van der Waals surface area contributed by atoms with E-state index in [4.69, 9.17) is 10.2 Å². The smallest absolute Gasteiger partial charge is 0.259 e. The van der Waals surface area contributed by atoms with E-state index in [1.165, 1.54) is 4.52 Å². The van der Waals surface area contributed by atoms with Crippen LogP contribution >= 0.6 is 0 Å². The van der Waals surface area contributed by atoms with Crippen molar-refractivity contribution in [3.8, 4) is 11.6 Å². The van der Waals surface area contributed by atoms with Crippen LogP contribution in [0.25, 0.3) is 17.4 Å². The van der Waals surface area contributed by atoms with E-state index in [0.29, 0.717) is 61.2 Å². The molecular formula is C22H23FN8O2. The van der Waals surface area contributed by atoms with Crippen molar-refractivity contribution in [2.75, 3.05) is 30.7 Å². The number of amides is 1. The Morgan fingerprint density at radius 1 is 1.21 bits per heavy atom. The van der Waals surface area contributed by atoms with Gasteiger partial charge in [0.15, 0.2) is 5.76 Å². The highest BCUT2D eigenvalue weighted by Gasteiger charge is 2.24. The highest BCUT2D eigenvalue weighted by Crippen LogP contribution is 2.18. The molecule has 3 aromatic heterocycles. The summed E-state index contributed by atoms with van der Waals surface area (Å²) >= 11 is 0. The normalized spacial score (nSPS) is 16.3. The topological polar surface area (TPSA) is 127 Å². The zero-order valence-corrected chi connectivity index (χ0v) is 17.8. The van der Waals surface area contributed by atoms with Crippen molar-refractivity contribution in [2.45, 2.75) is 25.4 Å². The lowest BCUT2D eigenvalue weighted by molar-refractivity contribution is 0.0636. The van der Waals surface area contributed by atoms with E-state index in [9.17, 15) is 9.18 Å². The first-order valence-electron chi connectivity index (χ1n) is 10.8.